The van der Waals surface area contributed by atoms with Crippen LogP contribution < -0.4 is 11.1 Å². The summed E-state index contributed by atoms with van der Waals surface area (Å²) in [4.78, 5) is 21.4. The summed E-state index contributed by atoms with van der Waals surface area (Å²) in [7, 11) is -7.64. The first kappa shape index (κ1) is 19.9. The number of aryl methyl sites for hydroxylation is 1. The molecule has 1 aromatic carbocycles. The van der Waals surface area contributed by atoms with E-state index in [1.165, 1.54) is 24.3 Å². The molecule has 0 saturated carbocycles. The van der Waals surface area contributed by atoms with Crippen molar-refractivity contribution in [1.29, 1.82) is 0 Å². The molecule has 1 atom stereocenters. The Morgan fingerprint density at radius 1 is 1.04 bits per heavy atom. The highest BCUT2D eigenvalue weighted by atomic mass is 31.2. The number of hydrogen-bond acceptors (Lipinski definition) is 7. The summed E-state index contributed by atoms with van der Waals surface area (Å²) in [5, 5.41) is 0.0966. The lowest BCUT2D eigenvalue weighted by Gasteiger charge is -2.20. The lowest BCUT2D eigenvalue weighted by Crippen LogP contribution is -2.10. The van der Waals surface area contributed by atoms with E-state index in [1.54, 1.807) is 20.8 Å². The molecule has 0 aliphatic rings. The number of hydrogen-bond donors (Lipinski definition) is 1. The molecule has 1 N–H and O–H groups in total. The van der Waals surface area contributed by atoms with E-state index < -0.39 is 26.7 Å². The zero-order valence-electron chi connectivity index (χ0n) is 14.1. The van der Waals surface area contributed by atoms with Gasteiger partial charge in [-0.1, -0.05) is 12.1 Å². The number of rotatable bonds is 8. The fourth-order valence-electron chi connectivity index (χ4n) is 2.28. The van der Waals surface area contributed by atoms with Gasteiger partial charge < -0.3 is 22.8 Å². The van der Waals surface area contributed by atoms with Gasteiger partial charge in [0.25, 0.3) is 0 Å². The van der Waals surface area contributed by atoms with Crippen LogP contribution in [0.1, 0.15) is 19.6 Å². The third kappa shape index (κ3) is 4.81. The molecule has 1 unspecified atom stereocenters. The third-order valence-corrected chi connectivity index (χ3v) is 8.62. The van der Waals surface area contributed by atoms with Crippen LogP contribution in [0.25, 0.3) is 11.3 Å². The average Bonchev–Trinajstić information content (AvgIpc) is 2.85. The standard InChI is InChI=1S/C15H20O8P2/c1-4-20-25(19,21-5-2)10-24(17,18)13-8-6-12(7-9-13)14-11(3)22-15(16)23-14/h6-9H,4-5,10H2,1-3H3,(H,17,18). The Morgan fingerprint density at radius 2 is 1.60 bits per heavy atom. The van der Waals surface area contributed by atoms with Gasteiger partial charge in [0.1, 0.15) is 5.90 Å². The van der Waals surface area contributed by atoms with Gasteiger partial charge in [-0.2, -0.15) is 0 Å². The van der Waals surface area contributed by atoms with E-state index in [2.05, 4.69) is 0 Å². The molecule has 0 spiro atoms. The first-order chi connectivity index (χ1) is 11.7. The van der Waals surface area contributed by atoms with Crippen molar-refractivity contribution < 1.29 is 31.9 Å². The van der Waals surface area contributed by atoms with Gasteiger partial charge in [0.2, 0.25) is 7.37 Å². The fourth-order valence-corrected chi connectivity index (χ4v) is 6.94. The minimum Gasteiger partial charge on any atom is -0.396 e. The van der Waals surface area contributed by atoms with Gasteiger partial charge in [-0.3, -0.25) is 9.13 Å². The summed E-state index contributed by atoms with van der Waals surface area (Å²) in [6.45, 7) is 5.04. The van der Waals surface area contributed by atoms with Crippen molar-refractivity contribution in [2.75, 3.05) is 19.1 Å². The second kappa shape index (κ2) is 7.85. The van der Waals surface area contributed by atoms with E-state index in [9.17, 15) is 18.8 Å². The molecule has 0 radical (unpaired) electrons. The quantitative estimate of drug-likeness (QED) is 0.683. The average molecular weight is 390 g/mol. The van der Waals surface area contributed by atoms with E-state index in [0.29, 0.717) is 11.3 Å². The lowest BCUT2D eigenvalue weighted by atomic mass is 10.1. The molecule has 10 heteroatoms. The Morgan fingerprint density at radius 3 is 2.04 bits per heavy atom. The predicted octanol–water partition coefficient (Wildman–Crippen LogP) is 3.33. The van der Waals surface area contributed by atoms with Gasteiger partial charge in [-0.25, -0.2) is 4.79 Å². The zero-order valence-corrected chi connectivity index (χ0v) is 15.9. The molecule has 0 amide bonds. The van der Waals surface area contributed by atoms with Crippen LogP contribution in [0.5, 0.6) is 0 Å². The van der Waals surface area contributed by atoms with E-state index in [4.69, 9.17) is 17.9 Å². The second-order valence-electron chi connectivity index (χ2n) is 5.18. The van der Waals surface area contributed by atoms with Crippen LogP contribution in [-0.2, 0) is 18.2 Å². The van der Waals surface area contributed by atoms with Crippen molar-refractivity contribution in [2.45, 2.75) is 20.8 Å². The second-order valence-corrected chi connectivity index (χ2v) is 9.96. The molecule has 0 saturated heterocycles. The first-order valence-corrected chi connectivity index (χ1v) is 11.2. The van der Waals surface area contributed by atoms with Crippen molar-refractivity contribution in [3.63, 3.8) is 0 Å². The number of benzene rings is 1. The molecule has 138 valence electrons. The van der Waals surface area contributed by atoms with Gasteiger partial charge in [0.05, 0.1) is 13.2 Å². The van der Waals surface area contributed by atoms with Crippen molar-refractivity contribution in [3.05, 3.63) is 40.6 Å². The van der Waals surface area contributed by atoms with Crippen LogP contribution >= 0.6 is 15.0 Å². The van der Waals surface area contributed by atoms with Crippen LogP contribution in [-0.4, -0.2) is 24.0 Å². The minimum absolute atomic E-state index is 0.0966. The van der Waals surface area contributed by atoms with Crippen LogP contribution in [0.15, 0.2) is 37.9 Å². The van der Waals surface area contributed by atoms with Crippen LogP contribution in [0.3, 0.4) is 0 Å². The summed E-state index contributed by atoms with van der Waals surface area (Å²) < 4.78 is 45.0. The van der Waals surface area contributed by atoms with E-state index >= 15 is 0 Å². The fraction of sp³-hybridized carbons (Fsp3) is 0.400. The Bertz CT molecular complexity index is 854. The molecule has 0 aliphatic heterocycles. The largest absolute Gasteiger partial charge is 0.519 e. The lowest BCUT2D eigenvalue weighted by molar-refractivity contribution is 0.223. The summed E-state index contributed by atoms with van der Waals surface area (Å²) in [6, 6.07) is 5.85. The summed E-state index contributed by atoms with van der Waals surface area (Å²) in [5.74, 6) is -0.875. The van der Waals surface area contributed by atoms with Crippen LogP contribution in [0.2, 0.25) is 0 Å². The smallest absolute Gasteiger partial charge is 0.396 e. The Balaban J connectivity index is 2.28. The summed E-state index contributed by atoms with van der Waals surface area (Å²) in [6.07, 6.45) is 0. The van der Waals surface area contributed by atoms with Gasteiger partial charge >= 0.3 is 13.4 Å². The van der Waals surface area contributed by atoms with Gasteiger partial charge in [-0.15, -0.1) is 0 Å². The van der Waals surface area contributed by atoms with E-state index in [0.717, 1.165) is 0 Å². The molecular weight excluding hydrogens is 370 g/mol. The highest BCUT2D eigenvalue weighted by Gasteiger charge is 2.36. The maximum absolute atomic E-state index is 12.6. The summed E-state index contributed by atoms with van der Waals surface area (Å²) >= 11 is 0. The molecular formula is C15H20O8P2. The highest BCUT2D eigenvalue weighted by molar-refractivity contribution is 7.77. The van der Waals surface area contributed by atoms with Crippen molar-refractivity contribution in [3.8, 4) is 11.3 Å². The normalized spacial score (nSPS) is 14.4. The molecule has 1 heterocycles. The zero-order chi connectivity index (χ0) is 18.7. The molecule has 8 nitrogen and oxygen atoms in total. The third-order valence-electron chi connectivity index (χ3n) is 3.29. The maximum Gasteiger partial charge on any atom is 0.519 e. The van der Waals surface area contributed by atoms with Gasteiger partial charge in [0.15, 0.2) is 11.5 Å². The first-order valence-electron chi connectivity index (χ1n) is 7.62. The highest BCUT2D eigenvalue weighted by Crippen LogP contribution is 2.60. The molecule has 0 aliphatic carbocycles. The van der Waals surface area contributed by atoms with Crippen molar-refractivity contribution in [2.24, 2.45) is 0 Å². The molecule has 0 fully saturated rings. The van der Waals surface area contributed by atoms with Crippen molar-refractivity contribution in [1.82, 2.24) is 0 Å². The molecule has 2 rings (SSSR count). The van der Waals surface area contributed by atoms with E-state index in [-0.39, 0.29) is 24.3 Å². The Kier molecular flexibility index (Phi) is 6.25. The monoisotopic (exact) mass is 390 g/mol. The molecule has 25 heavy (non-hydrogen) atoms. The molecule has 0 bridgehead atoms. The Hall–Kier alpha value is -1.43. The Labute approximate surface area is 144 Å². The van der Waals surface area contributed by atoms with Crippen LogP contribution in [0.4, 0.5) is 0 Å². The maximum atomic E-state index is 12.6. The summed E-state index contributed by atoms with van der Waals surface area (Å²) in [5.41, 5.74) is 0.518. The molecule has 1 aromatic heterocycles. The van der Waals surface area contributed by atoms with E-state index in [1.807, 2.05) is 0 Å². The molecule has 2 aromatic rings. The van der Waals surface area contributed by atoms with Crippen LogP contribution in [0, 0.1) is 6.92 Å². The predicted molar refractivity (Wildman–Crippen MR) is 92.6 cm³/mol. The van der Waals surface area contributed by atoms with Crippen molar-refractivity contribution >= 4 is 20.3 Å². The van der Waals surface area contributed by atoms with Gasteiger partial charge in [0, 0.05) is 10.9 Å². The SMILES string of the molecule is CCOP(=O)(CP(=O)(O)c1ccc(-c2oc(=O)oc2C)cc1)OCC. The van der Waals surface area contributed by atoms with Gasteiger partial charge in [-0.05, 0) is 32.9 Å². The minimum atomic E-state index is -3.97. The topological polar surface area (TPSA) is 116 Å².